The van der Waals surface area contributed by atoms with Crippen LogP contribution in [-0.2, 0) is 0 Å². The van der Waals surface area contributed by atoms with Crippen molar-refractivity contribution in [2.45, 2.75) is 26.3 Å². The quantitative estimate of drug-likeness (QED) is 0.433. The lowest BCUT2D eigenvalue weighted by atomic mass is 10.0. The van der Waals surface area contributed by atoms with Crippen molar-refractivity contribution in [3.05, 3.63) is 5.21 Å². The third kappa shape index (κ3) is 1.47. The number of hydroxylamine groups is 3. The van der Waals surface area contributed by atoms with Gasteiger partial charge in [0.2, 0.25) is 0 Å². The van der Waals surface area contributed by atoms with E-state index in [0.29, 0.717) is 11.8 Å². The molecule has 0 bridgehead atoms. The van der Waals surface area contributed by atoms with Gasteiger partial charge in [0.05, 0.1) is 18.6 Å². The van der Waals surface area contributed by atoms with Gasteiger partial charge in [0.1, 0.15) is 0 Å². The highest BCUT2D eigenvalue weighted by Crippen LogP contribution is 2.39. The van der Waals surface area contributed by atoms with Crippen LogP contribution in [0.5, 0.6) is 0 Å². The van der Waals surface area contributed by atoms with E-state index in [2.05, 4.69) is 32.7 Å². The van der Waals surface area contributed by atoms with Crippen molar-refractivity contribution in [1.29, 1.82) is 0 Å². The molecule has 0 aromatic heterocycles. The average molecular weight is 198 g/mol. The highest BCUT2D eigenvalue weighted by atomic mass is 16.6. The molecule has 0 N–H and O–H groups in total. The number of likely N-dealkylation sites (tertiary alicyclic amines) is 2. The zero-order valence-electron chi connectivity index (χ0n) is 9.79. The maximum absolute atomic E-state index is 12.6. The van der Waals surface area contributed by atoms with Gasteiger partial charge in [-0.1, -0.05) is 0 Å². The summed E-state index contributed by atoms with van der Waals surface area (Å²) in [5.74, 6) is 1.30. The van der Waals surface area contributed by atoms with Crippen molar-refractivity contribution in [2.24, 2.45) is 11.8 Å². The van der Waals surface area contributed by atoms with E-state index >= 15 is 0 Å². The standard InChI is InChI=1S/C11H22N2O/c1-11(2,3)13(14)7-9-5-12(4)6-10(9)8-13/h9-10H,5-8H2,1-4H3. The van der Waals surface area contributed by atoms with Crippen LogP contribution < -0.4 is 0 Å². The normalized spacial score (nSPS) is 44.4. The summed E-state index contributed by atoms with van der Waals surface area (Å²) in [6.45, 7) is 10.1. The first-order valence-electron chi connectivity index (χ1n) is 5.58. The molecule has 0 aliphatic carbocycles. The molecule has 0 aromatic rings. The van der Waals surface area contributed by atoms with Crippen LogP contribution in [0.2, 0.25) is 0 Å². The number of hydrogen-bond donors (Lipinski definition) is 0. The largest absolute Gasteiger partial charge is 0.632 e. The summed E-state index contributed by atoms with van der Waals surface area (Å²) >= 11 is 0. The molecule has 14 heavy (non-hydrogen) atoms. The smallest absolute Gasteiger partial charge is 0.0904 e. The van der Waals surface area contributed by atoms with E-state index < -0.39 is 0 Å². The van der Waals surface area contributed by atoms with Crippen molar-refractivity contribution >= 4 is 0 Å². The van der Waals surface area contributed by atoms with Crippen molar-refractivity contribution in [3.8, 4) is 0 Å². The minimum absolute atomic E-state index is 0.0240. The lowest BCUT2D eigenvalue weighted by molar-refractivity contribution is -0.917. The summed E-state index contributed by atoms with van der Waals surface area (Å²) < 4.78 is 0.0240. The molecule has 3 nitrogen and oxygen atoms in total. The molecule has 0 spiro atoms. The molecule has 2 saturated heterocycles. The first-order valence-corrected chi connectivity index (χ1v) is 5.58. The van der Waals surface area contributed by atoms with Crippen LogP contribution in [0.1, 0.15) is 20.8 Å². The minimum Gasteiger partial charge on any atom is -0.632 e. The summed E-state index contributed by atoms with van der Waals surface area (Å²) in [6, 6.07) is 0. The number of nitrogens with zero attached hydrogens (tertiary/aromatic N) is 2. The van der Waals surface area contributed by atoms with Gasteiger partial charge < -0.3 is 14.8 Å². The van der Waals surface area contributed by atoms with Crippen molar-refractivity contribution in [2.75, 3.05) is 33.2 Å². The molecule has 2 rings (SSSR count). The molecular formula is C11H22N2O. The second-order valence-corrected chi connectivity index (χ2v) is 6.17. The van der Waals surface area contributed by atoms with Crippen LogP contribution in [-0.4, -0.2) is 48.3 Å². The summed E-state index contributed by atoms with van der Waals surface area (Å²) in [4.78, 5) is 2.36. The summed E-state index contributed by atoms with van der Waals surface area (Å²) in [5.41, 5.74) is -0.136. The van der Waals surface area contributed by atoms with Gasteiger partial charge in [0.25, 0.3) is 0 Å². The van der Waals surface area contributed by atoms with Crippen molar-refractivity contribution in [3.63, 3.8) is 0 Å². The van der Waals surface area contributed by atoms with Crippen LogP contribution in [0.25, 0.3) is 0 Å². The van der Waals surface area contributed by atoms with Crippen molar-refractivity contribution < 1.29 is 4.65 Å². The van der Waals surface area contributed by atoms with Gasteiger partial charge in [-0.3, -0.25) is 0 Å². The highest BCUT2D eigenvalue weighted by Gasteiger charge is 2.49. The fourth-order valence-corrected chi connectivity index (χ4v) is 2.97. The molecule has 2 atom stereocenters. The first kappa shape index (κ1) is 10.4. The fourth-order valence-electron chi connectivity index (χ4n) is 2.97. The Kier molecular flexibility index (Phi) is 2.18. The molecule has 0 aromatic carbocycles. The van der Waals surface area contributed by atoms with Crippen LogP contribution in [0.4, 0.5) is 0 Å². The Morgan fingerprint density at radius 2 is 1.57 bits per heavy atom. The van der Waals surface area contributed by atoms with Crippen LogP contribution in [0, 0.1) is 17.0 Å². The number of quaternary nitrogens is 1. The van der Waals surface area contributed by atoms with Crippen molar-refractivity contribution in [1.82, 2.24) is 4.90 Å². The minimum atomic E-state index is -0.136. The molecule has 2 fully saturated rings. The zero-order valence-corrected chi connectivity index (χ0v) is 9.79. The molecule has 2 aliphatic heterocycles. The fraction of sp³-hybridized carbons (Fsp3) is 1.00. The third-order valence-electron chi connectivity index (χ3n) is 4.04. The number of rotatable bonds is 0. The Bertz CT molecular complexity index is 220. The average Bonchev–Trinajstić information content (AvgIpc) is 2.39. The van der Waals surface area contributed by atoms with E-state index in [-0.39, 0.29) is 10.2 Å². The molecule has 0 amide bonds. The third-order valence-corrected chi connectivity index (χ3v) is 4.04. The molecule has 3 heteroatoms. The van der Waals surface area contributed by atoms with Crippen LogP contribution in [0.15, 0.2) is 0 Å². The van der Waals surface area contributed by atoms with E-state index in [1.165, 1.54) is 0 Å². The number of hydrogen-bond acceptors (Lipinski definition) is 2. The molecule has 0 saturated carbocycles. The second-order valence-electron chi connectivity index (χ2n) is 6.17. The summed E-state index contributed by atoms with van der Waals surface area (Å²) in [5, 5.41) is 12.6. The maximum Gasteiger partial charge on any atom is 0.0904 e. The van der Waals surface area contributed by atoms with Gasteiger partial charge >= 0.3 is 0 Å². The van der Waals surface area contributed by atoms with Gasteiger partial charge in [-0.2, -0.15) is 0 Å². The van der Waals surface area contributed by atoms with Gasteiger partial charge in [0.15, 0.2) is 0 Å². The predicted octanol–water partition coefficient (Wildman–Crippen LogP) is 1.29. The molecule has 82 valence electrons. The van der Waals surface area contributed by atoms with Gasteiger partial charge in [-0.25, -0.2) is 0 Å². The maximum atomic E-state index is 12.6. The Hall–Kier alpha value is -0.120. The zero-order chi connectivity index (χ0) is 10.6. The van der Waals surface area contributed by atoms with E-state index in [1.54, 1.807) is 0 Å². The van der Waals surface area contributed by atoms with E-state index in [9.17, 15) is 5.21 Å². The summed E-state index contributed by atoms with van der Waals surface area (Å²) in [6.07, 6.45) is 0. The Labute approximate surface area is 86.9 Å². The Balaban J connectivity index is 2.10. The van der Waals surface area contributed by atoms with E-state index in [1.807, 2.05) is 0 Å². The van der Waals surface area contributed by atoms with Crippen LogP contribution >= 0.6 is 0 Å². The highest BCUT2D eigenvalue weighted by molar-refractivity contribution is 4.89. The lowest BCUT2D eigenvalue weighted by Crippen LogP contribution is -2.55. The van der Waals surface area contributed by atoms with E-state index in [0.717, 1.165) is 26.2 Å². The molecule has 2 unspecified atom stereocenters. The topological polar surface area (TPSA) is 26.3 Å². The SMILES string of the molecule is CN1CC2C[N+]([O-])(C(C)(C)C)CC2C1. The molecule has 0 radical (unpaired) electrons. The van der Waals surface area contributed by atoms with Gasteiger partial charge in [0, 0.05) is 24.9 Å². The lowest BCUT2D eigenvalue weighted by Gasteiger charge is -2.50. The summed E-state index contributed by atoms with van der Waals surface area (Å²) in [7, 11) is 2.16. The van der Waals surface area contributed by atoms with E-state index in [4.69, 9.17) is 0 Å². The predicted molar refractivity (Wildman–Crippen MR) is 57.6 cm³/mol. The molecule has 2 aliphatic rings. The number of fused-ring (bicyclic) bond motifs is 1. The molecule has 2 heterocycles. The Morgan fingerprint density at radius 3 is 1.93 bits per heavy atom. The molecular weight excluding hydrogens is 176 g/mol. The van der Waals surface area contributed by atoms with Gasteiger partial charge in [-0.05, 0) is 27.8 Å². The monoisotopic (exact) mass is 198 g/mol. The second kappa shape index (κ2) is 2.94. The van der Waals surface area contributed by atoms with Crippen LogP contribution in [0.3, 0.4) is 0 Å². The first-order chi connectivity index (χ1) is 6.32. The van der Waals surface area contributed by atoms with Gasteiger partial charge in [-0.15, -0.1) is 0 Å². The Morgan fingerprint density at radius 1 is 1.14 bits per heavy atom.